The van der Waals surface area contributed by atoms with E-state index in [0.717, 1.165) is 36.3 Å². The minimum Gasteiger partial charge on any atom is -0.493 e. The highest BCUT2D eigenvalue weighted by atomic mass is 79.9. The molecule has 1 aliphatic heterocycles. The lowest BCUT2D eigenvalue weighted by Gasteiger charge is -2.10. The summed E-state index contributed by atoms with van der Waals surface area (Å²) in [6.45, 7) is 1.64. The summed E-state index contributed by atoms with van der Waals surface area (Å²) in [7, 11) is 0. The third-order valence-electron chi connectivity index (χ3n) is 2.86. The van der Waals surface area contributed by atoms with Crippen molar-refractivity contribution in [1.29, 1.82) is 0 Å². The smallest absolute Gasteiger partial charge is 0.122 e. The Labute approximate surface area is 110 Å². The second-order valence-electron chi connectivity index (χ2n) is 4.35. The van der Waals surface area contributed by atoms with Gasteiger partial charge in [0.25, 0.3) is 0 Å². The topological polar surface area (TPSA) is 44.5 Å². The van der Waals surface area contributed by atoms with Crippen LogP contribution in [0.25, 0.3) is 0 Å². The lowest BCUT2D eigenvalue weighted by Crippen LogP contribution is -2.07. The van der Waals surface area contributed by atoms with Crippen LogP contribution in [0, 0.1) is 0 Å². The first-order chi connectivity index (χ1) is 8.24. The predicted octanol–water partition coefficient (Wildman–Crippen LogP) is 3.37. The minimum atomic E-state index is 0.450. The number of nitrogens with two attached hydrogens (primary N) is 1. The van der Waals surface area contributed by atoms with Crippen LogP contribution >= 0.6 is 15.9 Å². The maximum Gasteiger partial charge on any atom is 0.122 e. The summed E-state index contributed by atoms with van der Waals surface area (Å²) in [4.78, 5) is 0. The SMILES string of the molecule is Nc1cc(Br)cc(OCCCC2CCCO2)c1. The number of halogens is 1. The second kappa shape index (κ2) is 6.26. The largest absolute Gasteiger partial charge is 0.493 e. The molecule has 17 heavy (non-hydrogen) atoms. The first-order valence-corrected chi connectivity index (χ1v) is 6.84. The molecule has 0 radical (unpaired) electrons. The lowest BCUT2D eigenvalue weighted by atomic mass is 10.1. The van der Waals surface area contributed by atoms with Crippen molar-refractivity contribution < 1.29 is 9.47 Å². The van der Waals surface area contributed by atoms with Crippen LogP contribution in [0.2, 0.25) is 0 Å². The maximum absolute atomic E-state index is 5.73. The van der Waals surface area contributed by atoms with E-state index in [1.54, 1.807) is 0 Å². The maximum atomic E-state index is 5.73. The highest BCUT2D eigenvalue weighted by molar-refractivity contribution is 9.10. The second-order valence-corrected chi connectivity index (χ2v) is 5.26. The zero-order valence-corrected chi connectivity index (χ0v) is 11.4. The molecule has 0 amide bonds. The first kappa shape index (κ1) is 12.7. The van der Waals surface area contributed by atoms with Crippen LogP contribution in [0.4, 0.5) is 5.69 Å². The van der Waals surface area contributed by atoms with Crippen LogP contribution in [0.1, 0.15) is 25.7 Å². The lowest BCUT2D eigenvalue weighted by molar-refractivity contribution is 0.0981. The Hall–Kier alpha value is -0.740. The zero-order valence-electron chi connectivity index (χ0n) is 9.82. The molecule has 1 aromatic rings. The summed E-state index contributed by atoms with van der Waals surface area (Å²) < 4.78 is 12.2. The van der Waals surface area contributed by atoms with Crippen LogP contribution in [0.5, 0.6) is 5.75 Å². The average molecular weight is 300 g/mol. The Morgan fingerprint density at radius 2 is 2.29 bits per heavy atom. The van der Waals surface area contributed by atoms with Gasteiger partial charge in [0.2, 0.25) is 0 Å². The van der Waals surface area contributed by atoms with Crippen LogP contribution in [-0.4, -0.2) is 19.3 Å². The Kier molecular flexibility index (Phi) is 4.68. The number of benzene rings is 1. The molecule has 1 fully saturated rings. The fraction of sp³-hybridized carbons (Fsp3) is 0.538. The quantitative estimate of drug-likeness (QED) is 0.670. The van der Waals surface area contributed by atoms with E-state index in [-0.39, 0.29) is 0 Å². The van der Waals surface area contributed by atoms with E-state index >= 15 is 0 Å². The molecular formula is C13H18BrNO2. The van der Waals surface area contributed by atoms with Gasteiger partial charge in [-0.05, 0) is 37.8 Å². The van der Waals surface area contributed by atoms with E-state index in [1.165, 1.54) is 12.8 Å². The van der Waals surface area contributed by atoms with Gasteiger partial charge in [0.05, 0.1) is 12.7 Å². The van der Waals surface area contributed by atoms with Gasteiger partial charge in [-0.3, -0.25) is 0 Å². The van der Waals surface area contributed by atoms with E-state index in [9.17, 15) is 0 Å². The van der Waals surface area contributed by atoms with Gasteiger partial charge in [0.15, 0.2) is 0 Å². The Balaban J connectivity index is 1.70. The van der Waals surface area contributed by atoms with E-state index in [4.69, 9.17) is 15.2 Å². The fourth-order valence-corrected chi connectivity index (χ4v) is 2.53. The summed E-state index contributed by atoms with van der Waals surface area (Å²) in [5.74, 6) is 0.823. The van der Waals surface area contributed by atoms with E-state index in [2.05, 4.69) is 15.9 Å². The van der Waals surface area contributed by atoms with Crippen molar-refractivity contribution in [2.24, 2.45) is 0 Å². The molecule has 1 saturated heterocycles. The Bertz CT molecular complexity index is 344. The molecular weight excluding hydrogens is 282 g/mol. The monoisotopic (exact) mass is 299 g/mol. The Morgan fingerprint density at radius 3 is 3.00 bits per heavy atom. The molecule has 1 atom stereocenters. The van der Waals surface area contributed by atoms with Gasteiger partial charge >= 0.3 is 0 Å². The van der Waals surface area contributed by atoms with Gasteiger partial charge < -0.3 is 15.2 Å². The average Bonchev–Trinajstić information content (AvgIpc) is 2.76. The summed E-state index contributed by atoms with van der Waals surface area (Å²) in [5, 5.41) is 0. The van der Waals surface area contributed by atoms with Crippen LogP contribution < -0.4 is 10.5 Å². The molecule has 1 heterocycles. The minimum absolute atomic E-state index is 0.450. The fourth-order valence-electron chi connectivity index (χ4n) is 2.04. The zero-order chi connectivity index (χ0) is 12.1. The summed E-state index contributed by atoms with van der Waals surface area (Å²) in [6.07, 6.45) is 4.96. The number of hydrogen-bond acceptors (Lipinski definition) is 3. The van der Waals surface area contributed by atoms with Gasteiger partial charge in [-0.1, -0.05) is 15.9 Å². The third-order valence-corrected chi connectivity index (χ3v) is 3.31. The normalized spacial score (nSPS) is 19.5. The van der Waals surface area contributed by atoms with Crippen molar-refractivity contribution in [1.82, 2.24) is 0 Å². The van der Waals surface area contributed by atoms with Crippen molar-refractivity contribution >= 4 is 21.6 Å². The number of ether oxygens (including phenoxy) is 2. The standard InChI is InChI=1S/C13H18BrNO2/c14-10-7-11(15)9-13(8-10)17-6-2-4-12-3-1-5-16-12/h7-9,12H,1-6,15H2. The van der Waals surface area contributed by atoms with E-state index in [0.29, 0.717) is 11.8 Å². The van der Waals surface area contributed by atoms with Gasteiger partial charge in [0, 0.05) is 22.8 Å². The molecule has 2 N–H and O–H groups in total. The number of nitrogen functional groups attached to an aromatic ring is 1. The van der Waals surface area contributed by atoms with Gasteiger partial charge in [0.1, 0.15) is 5.75 Å². The first-order valence-electron chi connectivity index (χ1n) is 6.04. The van der Waals surface area contributed by atoms with E-state index < -0.39 is 0 Å². The molecule has 2 rings (SSSR count). The summed E-state index contributed by atoms with van der Waals surface area (Å²) >= 11 is 3.40. The van der Waals surface area contributed by atoms with Crippen molar-refractivity contribution in [3.8, 4) is 5.75 Å². The summed E-state index contributed by atoms with van der Waals surface area (Å²) in [6, 6.07) is 5.64. The molecule has 4 heteroatoms. The van der Waals surface area contributed by atoms with Crippen LogP contribution in [0.3, 0.4) is 0 Å². The summed E-state index contributed by atoms with van der Waals surface area (Å²) in [5.41, 5.74) is 6.45. The molecule has 1 aliphatic rings. The molecule has 1 unspecified atom stereocenters. The number of anilines is 1. The molecule has 0 aromatic heterocycles. The third kappa shape index (κ3) is 4.21. The van der Waals surface area contributed by atoms with Gasteiger partial charge in [-0.2, -0.15) is 0 Å². The number of rotatable bonds is 5. The van der Waals surface area contributed by atoms with Gasteiger partial charge in [-0.15, -0.1) is 0 Å². The molecule has 0 aliphatic carbocycles. The molecule has 0 spiro atoms. The number of hydrogen-bond donors (Lipinski definition) is 1. The predicted molar refractivity (Wildman–Crippen MR) is 72.3 cm³/mol. The van der Waals surface area contributed by atoms with Crippen molar-refractivity contribution in [2.75, 3.05) is 18.9 Å². The van der Waals surface area contributed by atoms with Crippen LogP contribution in [-0.2, 0) is 4.74 Å². The molecule has 3 nitrogen and oxygen atoms in total. The van der Waals surface area contributed by atoms with Crippen molar-refractivity contribution in [2.45, 2.75) is 31.8 Å². The highest BCUT2D eigenvalue weighted by Crippen LogP contribution is 2.23. The van der Waals surface area contributed by atoms with Crippen molar-refractivity contribution in [3.63, 3.8) is 0 Å². The molecule has 94 valence electrons. The Morgan fingerprint density at radius 1 is 1.41 bits per heavy atom. The highest BCUT2D eigenvalue weighted by Gasteiger charge is 2.14. The van der Waals surface area contributed by atoms with Crippen molar-refractivity contribution in [3.05, 3.63) is 22.7 Å². The van der Waals surface area contributed by atoms with Crippen LogP contribution in [0.15, 0.2) is 22.7 Å². The molecule has 0 bridgehead atoms. The molecule has 1 aromatic carbocycles. The molecule has 0 saturated carbocycles. The van der Waals surface area contributed by atoms with E-state index in [1.807, 2.05) is 18.2 Å². The van der Waals surface area contributed by atoms with Gasteiger partial charge in [-0.25, -0.2) is 0 Å².